The summed E-state index contributed by atoms with van der Waals surface area (Å²) in [5, 5.41) is 5.59. The number of carbonyl (C=O) groups is 1. The van der Waals surface area contributed by atoms with E-state index in [1.165, 1.54) is 0 Å². The average molecular weight is 585 g/mol. The first-order chi connectivity index (χ1) is 18.1. The molecule has 4 aromatic rings. The third kappa shape index (κ3) is 5.54. The maximum atomic E-state index is 13.7. The third-order valence-corrected chi connectivity index (χ3v) is 6.71. The molecule has 1 aromatic carbocycles. The number of aryl methyl sites for hydroxylation is 1. The number of amides is 1. The highest BCUT2D eigenvalue weighted by atomic mass is 35.5. The van der Waals surface area contributed by atoms with E-state index >= 15 is 0 Å². The number of nitrogens with one attached hydrogen (secondary N) is 2. The molecule has 0 unspecified atom stereocenters. The molecule has 1 saturated heterocycles. The first kappa shape index (κ1) is 28.7. The van der Waals surface area contributed by atoms with E-state index in [1.807, 2.05) is 11.8 Å². The van der Waals surface area contributed by atoms with Crippen LogP contribution in [0.25, 0.3) is 22.4 Å². The van der Waals surface area contributed by atoms with E-state index in [2.05, 4.69) is 20.6 Å². The SMILES string of the molecule is CCc1c(N2CCNCC2)c(=O)c2nc3cc(C)oc3nc2n1CC(=O)Nc1ccc(C(F)(F)F)cc1Cl.Cl. The summed E-state index contributed by atoms with van der Waals surface area (Å²) in [6, 6.07) is 4.39. The number of hydrogen-bond donors (Lipinski definition) is 2. The number of hydrogen-bond acceptors (Lipinski definition) is 7. The van der Waals surface area contributed by atoms with Crippen molar-refractivity contribution in [2.24, 2.45) is 0 Å². The second-order valence-electron chi connectivity index (χ2n) is 8.98. The number of carbonyl (C=O) groups excluding carboxylic acids is 1. The highest BCUT2D eigenvalue weighted by Crippen LogP contribution is 2.34. The Balaban J connectivity index is 0.00000353. The summed E-state index contributed by atoms with van der Waals surface area (Å²) in [5.41, 5.74) is 0.812. The fraction of sp³-hybridized carbons (Fsp3) is 0.360. The summed E-state index contributed by atoms with van der Waals surface area (Å²) in [4.78, 5) is 38.0. The lowest BCUT2D eigenvalue weighted by molar-refractivity contribution is -0.137. The van der Waals surface area contributed by atoms with Gasteiger partial charge < -0.3 is 24.5 Å². The van der Waals surface area contributed by atoms with Gasteiger partial charge in [-0.2, -0.15) is 18.2 Å². The van der Waals surface area contributed by atoms with Gasteiger partial charge in [0.05, 0.1) is 16.3 Å². The van der Waals surface area contributed by atoms with Gasteiger partial charge in [-0.05, 0) is 31.5 Å². The molecule has 1 aliphatic heterocycles. The Morgan fingerprint density at radius 3 is 2.56 bits per heavy atom. The number of furan rings is 1. The standard InChI is InChI=1S/C25H24ClF3N6O3.ClH/c1-3-18-21(34-8-6-30-7-9-34)22(37)20-23(33-24-17(32-20)10-13(2)38-24)35(18)12-19(36)31-16-5-4-14(11-15(16)26)25(27,28)29;/h4-5,10-11,30H,3,6-9,12H2,1-2H3,(H,31,36);1H. The van der Waals surface area contributed by atoms with Gasteiger partial charge in [-0.1, -0.05) is 18.5 Å². The minimum absolute atomic E-state index is 0. The Labute approximate surface area is 231 Å². The van der Waals surface area contributed by atoms with E-state index in [4.69, 9.17) is 16.0 Å². The Hall–Kier alpha value is -3.35. The summed E-state index contributed by atoms with van der Waals surface area (Å²) in [6.07, 6.45) is -4.15. The van der Waals surface area contributed by atoms with Crippen LogP contribution in [0.2, 0.25) is 5.02 Å². The van der Waals surface area contributed by atoms with Gasteiger partial charge in [-0.3, -0.25) is 9.59 Å². The van der Waals surface area contributed by atoms with Crippen molar-refractivity contribution in [3.05, 3.63) is 56.5 Å². The molecule has 0 aliphatic carbocycles. The Bertz CT molecular complexity index is 1610. The van der Waals surface area contributed by atoms with Crippen LogP contribution in [0.3, 0.4) is 0 Å². The average Bonchev–Trinajstić information content (AvgIpc) is 3.24. The fourth-order valence-electron chi connectivity index (χ4n) is 4.68. The van der Waals surface area contributed by atoms with Crippen molar-refractivity contribution in [1.82, 2.24) is 19.9 Å². The van der Waals surface area contributed by atoms with E-state index in [0.717, 1.165) is 18.2 Å². The van der Waals surface area contributed by atoms with Gasteiger partial charge in [0.1, 0.15) is 23.5 Å². The van der Waals surface area contributed by atoms with Crippen molar-refractivity contribution in [1.29, 1.82) is 0 Å². The molecule has 208 valence electrons. The molecule has 1 amide bonds. The largest absolute Gasteiger partial charge is 0.442 e. The lowest BCUT2D eigenvalue weighted by Gasteiger charge is -2.31. The molecule has 0 radical (unpaired) electrons. The summed E-state index contributed by atoms with van der Waals surface area (Å²) in [5.74, 6) is 0.0112. The molecule has 0 spiro atoms. The van der Waals surface area contributed by atoms with E-state index in [-0.39, 0.29) is 52.0 Å². The number of piperazine rings is 1. The molecule has 14 heteroatoms. The van der Waals surface area contributed by atoms with E-state index in [0.29, 0.717) is 55.3 Å². The normalized spacial score (nSPS) is 14.1. The minimum Gasteiger partial charge on any atom is -0.442 e. The zero-order valence-electron chi connectivity index (χ0n) is 21.0. The first-order valence-corrected chi connectivity index (χ1v) is 12.4. The monoisotopic (exact) mass is 584 g/mol. The Morgan fingerprint density at radius 2 is 1.92 bits per heavy atom. The van der Waals surface area contributed by atoms with Crippen molar-refractivity contribution < 1.29 is 22.4 Å². The van der Waals surface area contributed by atoms with Gasteiger partial charge in [0.25, 0.3) is 0 Å². The van der Waals surface area contributed by atoms with Crippen molar-refractivity contribution in [3.63, 3.8) is 0 Å². The van der Waals surface area contributed by atoms with E-state index < -0.39 is 17.6 Å². The zero-order chi connectivity index (χ0) is 27.2. The molecular weight excluding hydrogens is 560 g/mol. The first-order valence-electron chi connectivity index (χ1n) is 12.0. The predicted molar refractivity (Wildman–Crippen MR) is 145 cm³/mol. The van der Waals surface area contributed by atoms with E-state index in [9.17, 15) is 22.8 Å². The molecule has 0 saturated carbocycles. The van der Waals surface area contributed by atoms with Gasteiger partial charge in [-0.15, -0.1) is 12.4 Å². The number of alkyl halides is 3. The van der Waals surface area contributed by atoms with Gasteiger partial charge in [0.2, 0.25) is 17.0 Å². The lowest BCUT2D eigenvalue weighted by atomic mass is 10.1. The van der Waals surface area contributed by atoms with Gasteiger partial charge in [0.15, 0.2) is 11.2 Å². The quantitative estimate of drug-likeness (QED) is 0.354. The summed E-state index contributed by atoms with van der Waals surface area (Å²) >= 11 is 6.04. The molecule has 4 heterocycles. The van der Waals surface area contributed by atoms with Crippen LogP contribution in [-0.4, -0.2) is 46.6 Å². The van der Waals surface area contributed by atoms with Gasteiger partial charge in [-0.25, -0.2) is 4.98 Å². The van der Waals surface area contributed by atoms with Crippen molar-refractivity contribution in [3.8, 4) is 0 Å². The van der Waals surface area contributed by atoms with Crippen LogP contribution in [0.4, 0.5) is 24.5 Å². The minimum atomic E-state index is -4.56. The molecule has 9 nitrogen and oxygen atoms in total. The third-order valence-electron chi connectivity index (χ3n) is 6.39. The molecule has 3 aromatic heterocycles. The number of rotatable bonds is 5. The van der Waals surface area contributed by atoms with Crippen LogP contribution in [-0.2, 0) is 23.9 Å². The topological polar surface area (TPSA) is 105 Å². The molecule has 0 bridgehead atoms. The number of anilines is 2. The second kappa shape index (κ2) is 11.0. The van der Waals surface area contributed by atoms with Crippen LogP contribution in [0.1, 0.15) is 23.9 Å². The van der Waals surface area contributed by atoms with Crippen molar-refractivity contribution >= 4 is 63.7 Å². The number of fused-ring (bicyclic) bond motifs is 2. The maximum Gasteiger partial charge on any atom is 0.416 e. The number of benzene rings is 1. The van der Waals surface area contributed by atoms with Crippen LogP contribution >= 0.6 is 24.0 Å². The Kier molecular flexibility index (Phi) is 8.10. The molecule has 1 aliphatic rings. The lowest BCUT2D eigenvalue weighted by Crippen LogP contribution is -2.46. The van der Waals surface area contributed by atoms with Crippen molar-refractivity contribution in [2.75, 3.05) is 36.4 Å². The Morgan fingerprint density at radius 1 is 1.21 bits per heavy atom. The number of aromatic nitrogens is 3. The molecule has 5 rings (SSSR count). The number of pyridine rings is 1. The highest BCUT2D eigenvalue weighted by Gasteiger charge is 2.31. The molecule has 1 fully saturated rings. The van der Waals surface area contributed by atoms with Crippen LogP contribution < -0.4 is 21.0 Å². The van der Waals surface area contributed by atoms with Crippen LogP contribution in [0.5, 0.6) is 0 Å². The predicted octanol–water partition coefficient (Wildman–Crippen LogP) is 4.55. The van der Waals surface area contributed by atoms with Crippen molar-refractivity contribution in [2.45, 2.75) is 33.0 Å². The van der Waals surface area contributed by atoms with Gasteiger partial charge in [0, 0.05) is 37.9 Å². The van der Waals surface area contributed by atoms with E-state index in [1.54, 1.807) is 17.6 Å². The number of nitrogens with zero attached hydrogens (tertiary/aromatic N) is 4. The summed E-state index contributed by atoms with van der Waals surface area (Å²) in [6.45, 7) is 5.92. The maximum absolute atomic E-state index is 13.7. The number of halogens is 5. The summed E-state index contributed by atoms with van der Waals surface area (Å²) < 4.78 is 46.3. The molecule has 2 N–H and O–H groups in total. The fourth-order valence-corrected chi connectivity index (χ4v) is 4.90. The van der Waals surface area contributed by atoms with Crippen LogP contribution in [0.15, 0.2) is 33.5 Å². The van der Waals surface area contributed by atoms with Crippen LogP contribution in [0, 0.1) is 6.92 Å². The zero-order valence-corrected chi connectivity index (χ0v) is 22.6. The molecule has 39 heavy (non-hydrogen) atoms. The summed E-state index contributed by atoms with van der Waals surface area (Å²) in [7, 11) is 0. The smallest absolute Gasteiger partial charge is 0.416 e. The molecular formula is C25H25Cl2F3N6O3. The molecule has 0 atom stereocenters. The highest BCUT2D eigenvalue weighted by molar-refractivity contribution is 6.33. The van der Waals surface area contributed by atoms with Gasteiger partial charge >= 0.3 is 6.18 Å². The second-order valence-corrected chi connectivity index (χ2v) is 9.39.